The van der Waals surface area contributed by atoms with Crippen LogP contribution in [0.25, 0.3) is 0 Å². The lowest BCUT2D eigenvalue weighted by Gasteiger charge is -2.27. The predicted molar refractivity (Wildman–Crippen MR) is 71.3 cm³/mol. The number of carbonyl (C=O) groups excluding carboxylic acids is 1. The van der Waals surface area contributed by atoms with E-state index in [2.05, 4.69) is 20.1 Å². The fourth-order valence-corrected chi connectivity index (χ4v) is 1.64. The topological polar surface area (TPSA) is 52.3 Å². The summed E-state index contributed by atoms with van der Waals surface area (Å²) in [5.74, 6) is 0.0818. The highest BCUT2D eigenvalue weighted by Gasteiger charge is 2.24. The Hall–Kier alpha value is -1.25. The molecule has 0 saturated carbocycles. The second-order valence-corrected chi connectivity index (χ2v) is 5.01. The quantitative estimate of drug-likeness (QED) is 0.402. The summed E-state index contributed by atoms with van der Waals surface area (Å²) in [6, 6.07) is 0. The van der Waals surface area contributed by atoms with Gasteiger partial charge in [-0.15, -0.1) is 6.58 Å². The summed E-state index contributed by atoms with van der Waals surface area (Å²) in [6.07, 6.45) is 5.89. The number of nitrogens with two attached hydrogens (primary N) is 1. The van der Waals surface area contributed by atoms with Crippen LogP contribution in [0.4, 0.5) is 0 Å². The molecule has 3 heteroatoms. The molecule has 1 unspecified atom stereocenters. The van der Waals surface area contributed by atoms with Crippen molar-refractivity contribution < 1.29 is 9.53 Å². The molecule has 0 fully saturated rings. The minimum absolute atomic E-state index is 0.0452. The van der Waals surface area contributed by atoms with Crippen LogP contribution in [0.15, 0.2) is 24.9 Å². The molecule has 0 aliphatic carbocycles. The highest BCUT2D eigenvalue weighted by molar-refractivity contribution is 5.86. The number of carbonyl (C=O) groups is 1. The van der Waals surface area contributed by atoms with Crippen LogP contribution < -0.4 is 5.73 Å². The highest BCUT2D eigenvalue weighted by Crippen LogP contribution is 2.24. The van der Waals surface area contributed by atoms with Crippen LogP contribution >= 0.6 is 0 Å². The fraction of sp³-hybridized carbons (Fsp3) is 0.643. The average molecular weight is 239 g/mol. The molecule has 3 nitrogen and oxygen atoms in total. The maximum Gasteiger partial charge on any atom is 0.354 e. The summed E-state index contributed by atoms with van der Waals surface area (Å²) in [4.78, 5) is 11.3. The highest BCUT2D eigenvalue weighted by atomic mass is 16.6. The van der Waals surface area contributed by atoms with Crippen molar-refractivity contribution in [2.45, 2.75) is 52.1 Å². The first-order valence-corrected chi connectivity index (χ1v) is 6.11. The van der Waals surface area contributed by atoms with Crippen molar-refractivity contribution in [2.24, 2.45) is 11.7 Å². The zero-order chi connectivity index (χ0) is 13.5. The average Bonchev–Trinajstić information content (AvgIpc) is 2.23. The first-order chi connectivity index (χ1) is 7.82. The van der Waals surface area contributed by atoms with Gasteiger partial charge in [-0.25, -0.2) is 4.79 Å². The van der Waals surface area contributed by atoms with E-state index in [0.717, 1.165) is 25.7 Å². The molecule has 0 aliphatic rings. The van der Waals surface area contributed by atoms with E-state index in [1.807, 2.05) is 19.9 Å². The Kier molecular flexibility index (Phi) is 6.62. The normalized spacial score (nSPS) is 12.9. The van der Waals surface area contributed by atoms with Gasteiger partial charge in [0.2, 0.25) is 0 Å². The number of rotatable bonds is 8. The maximum atomic E-state index is 11.3. The van der Waals surface area contributed by atoms with E-state index in [4.69, 9.17) is 10.5 Å². The van der Waals surface area contributed by atoms with Gasteiger partial charge in [0.25, 0.3) is 0 Å². The zero-order valence-electron chi connectivity index (χ0n) is 11.3. The van der Waals surface area contributed by atoms with E-state index in [9.17, 15) is 4.79 Å². The molecule has 0 spiro atoms. The third-order valence-electron chi connectivity index (χ3n) is 2.86. The van der Waals surface area contributed by atoms with E-state index < -0.39 is 11.6 Å². The Labute approximate surface area is 105 Å². The molecule has 0 radical (unpaired) electrons. The number of hydrogen-bond acceptors (Lipinski definition) is 3. The standard InChI is InChI=1S/C14H25NO2/c1-6-8-12(7-2)9-10-14(4,5)17-13(16)11(3)15/h6,12H,1,3,7-10,15H2,2,4-5H3. The summed E-state index contributed by atoms with van der Waals surface area (Å²) in [6.45, 7) is 13.1. The summed E-state index contributed by atoms with van der Waals surface area (Å²) in [5, 5.41) is 0. The SMILES string of the molecule is C=CCC(CC)CCC(C)(C)OC(=O)C(=C)N. The van der Waals surface area contributed by atoms with Crippen molar-refractivity contribution in [3.8, 4) is 0 Å². The van der Waals surface area contributed by atoms with Gasteiger partial charge in [0.05, 0.1) is 0 Å². The molecule has 0 bridgehead atoms. The van der Waals surface area contributed by atoms with Crippen LogP contribution in [0, 0.1) is 5.92 Å². The van der Waals surface area contributed by atoms with Crippen LogP contribution in [-0.4, -0.2) is 11.6 Å². The Bertz CT molecular complexity index is 282. The molecule has 0 aromatic carbocycles. The largest absolute Gasteiger partial charge is 0.455 e. The van der Waals surface area contributed by atoms with Gasteiger partial charge in [-0.1, -0.05) is 26.0 Å². The molecule has 0 aromatic rings. The van der Waals surface area contributed by atoms with Crippen LogP contribution in [0.2, 0.25) is 0 Å². The van der Waals surface area contributed by atoms with Crippen molar-refractivity contribution in [2.75, 3.05) is 0 Å². The molecule has 17 heavy (non-hydrogen) atoms. The number of allylic oxidation sites excluding steroid dienone is 1. The van der Waals surface area contributed by atoms with E-state index >= 15 is 0 Å². The molecular weight excluding hydrogens is 214 g/mol. The minimum Gasteiger partial charge on any atom is -0.455 e. The zero-order valence-corrected chi connectivity index (χ0v) is 11.3. The fourth-order valence-electron chi connectivity index (χ4n) is 1.64. The van der Waals surface area contributed by atoms with Crippen molar-refractivity contribution in [3.05, 3.63) is 24.9 Å². The second kappa shape index (κ2) is 7.15. The molecule has 98 valence electrons. The number of ether oxygens (including phenoxy) is 1. The number of esters is 1. The third-order valence-corrected chi connectivity index (χ3v) is 2.86. The van der Waals surface area contributed by atoms with Gasteiger partial charge in [0.1, 0.15) is 11.3 Å². The molecule has 0 saturated heterocycles. The van der Waals surface area contributed by atoms with Crippen molar-refractivity contribution >= 4 is 5.97 Å². The van der Waals surface area contributed by atoms with E-state index in [-0.39, 0.29) is 5.70 Å². The summed E-state index contributed by atoms with van der Waals surface area (Å²) in [5.41, 5.74) is 4.75. The Morgan fingerprint density at radius 3 is 2.53 bits per heavy atom. The number of hydrogen-bond donors (Lipinski definition) is 1. The van der Waals surface area contributed by atoms with Crippen LogP contribution in [0.5, 0.6) is 0 Å². The van der Waals surface area contributed by atoms with Crippen LogP contribution in [0.1, 0.15) is 46.5 Å². The van der Waals surface area contributed by atoms with E-state index in [1.54, 1.807) is 0 Å². The van der Waals surface area contributed by atoms with Gasteiger partial charge >= 0.3 is 5.97 Å². The van der Waals surface area contributed by atoms with Gasteiger partial charge in [-0.05, 0) is 39.0 Å². The summed E-state index contributed by atoms with van der Waals surface area (Å²) < 4.78 is 5.28. The van der Waals surface area contributed by atoms with Crippen molar-refractivity contribution in [1.82, 2.24) is 0 Å². The Morgan fingerprint density at radius 1 is 1.53 bits per heavy atom. The van der Waals surface area contributed by atoms with Crippen LogP contribution in [-0.2, 0) is 9.53 Å². The lowest BCUT2D eigenvalue weighted by Crippen LogP contribution is -2.30. The van der Waals surface area contributed by atoms with Crippen LogP contribution in [0.3, 0.4) is 0 Å². The minimum atomic E-state index is -0.522. The molecule has 0 aromatic heterocycles. The third kappa shape index (κ3) is 6.82. The Balaban J connectivity index is 4.20. The van der Waals surface area contributed by atoms with Crippen molar-refractivity contribution in [1.29, 1.82) is 0 Å². The Morgan fingerprint density at radius 2 is 2.12 bits per heavy atom. The summed E-state index contributed by atoms with van der Waals surface area (Å²) >= 11 is 0. The van der Waals surface area contributed by atoms with E-state index in [1.165, 1.54) is 0 Å². The molecule has 1 atom stereocenters. The summed E-state index contributed by atoms with van der Waals surface area (Å²) in [7, 11) is 0. The lowest BCUT2D eigenvalue weighted by atomic mass is 9.91. The van der Waals surface area contributed by atoms with Gasteiger partial charge in [0.15, 0.2) is 0 Å². The monoisotopic (exact) mass is 239 g/mol. The molecule has 0 amide bonds. The van der Waals surface area contributed by atoms with Crippen molar-refractivity contribution in [3.63, 3.8) is 0 Å². The first-order valence-electron chi connectivity index (χ1n) is 6.11. The maximum absolute atomic E-state index is 11.3. The molecular formula is C14H25NO2. The first kappa shape index (κ1) is 15.8. The smallest absolute Gasteiger partial charge is 0.354 e. The molecule has 2 N–H and O–H groups in total. The van der Waals surface area contributed by atoms with E-state index in [0.29, 0.717) is 5.92 Å². The molecule has 0 rings (SSSR count). The van der Waals surface area contributed by atoms with Gasteiger partial charge in [-0.2, -0.15) is 0 Å². The predicted octanol–water partition coefficient (Wildman–Crippen LogP) is 3.16. The molecule has 0 aliphatic heterocycles. The second-order valence-electron chi connectivity index (χ2n) is 5.01. The lowest BCUT2D eigenvalue weighted by molar-refractivity contribution is -0.152. The van der Waals surface area contributed by atoms with Gasteiger partial charge in [0, 0.05) is 0 Å². The van der Waals surface area contributed by atoms with Gasteiger partial charge in [-0.3, -0.25) is 0 Å². The molecule has 0 heterocycles. The van der Waals surface area contributed by atoms with Gasteiger partial charge < -0.3 is 10.5 Å².